The second kappa shape index (κ2) is 10.3. The van der Waals surface area contributed by atoms with Crippen molar-refractivity contribution in [1.82, 2.24) is 14.7 Å². The van der Waals surface area contributed by atoms with Gasteiger partial charge in [0.1, 0.15) is 0 Å². The summed E-state index contributed by atoms with van der Waals surface area (Å²) in [5.41, 5.74) is 2.87. The van der Waals surface area contributed by atoms with Crippen LogP contribution in [0.25, 0.3) is 0 Å². The molecule has 3 fully saturated rings. The zero-order valence-electron chi connectivity index (χ0n) is 19.0. The van der Waals surface area contributed by atoms with E-state index in [0.29, 0.717) is 6.04 Å². The third kappa shape index (κ3) is 5.97. The Morgan fingerprint density at radius 1 is 0.645 bits per heavy atom. The summed E-state index contributed by atoms with van der Waals surface area (Å²) in [5.74, 6) is 1.03. The van der Waals surface area contributed by atoms with Gasteiger partial charge >= 0.3 is 0 Å². The van der Waals surface area contributed by atoms with Crippen molar-refractivity contribution >= 4 is 0 Å². The van der Waals surface area contributed by atoms with Crippen LogP contribution in [-0.2, 0) is 13.1 Å². The summed E-state index contributed by atoms with van der Waals surface area (Å²) in [5, 5.41) is 0. The van der Waals surface area contributed by atoms with Crippen LogP contribution in [0.5, 0.6) is 0 Å². The molecular formula is C28H39N3. The molecule has 3 heteroatoms. The molecule has 0 amide bonds. The molecule has 0 unspecified atom stereocenters. The third-order valence-electron chi connectivity index (χ3n) is 7.78. The number of nitrogens with zero attached hydrogens (tertiary/aromatic N) is 3. The summed E-state index contributed by atoms with van der Waals surface area (Å²) >= 11 is 0. The largest absolute Gasteiger partial charge is 0.301 e. The van der Waals surface area contributed by atoms with Crippen molar-refractivity contribution in [1.29, 1.82) is 0 Å². The molecule has 2 saturated carbocycles. The van der Waals surface area contributed by atoms with Crippen molar-refractivity contribution in [3.8, 4) is 0 Å². The fraction of sp³-hybridized carbons (Fsp3) is 0.571. The SMILES string of the molecule is c1ccc(CN(Cc2ccccc2)C2CCC(N3CCN(CC4CC4)CC3)CC2)cc1. The minimum atomic E-state index is 0.702. The maximum absolute atomic E-state index is 2.82. The van der Waals surface area contributed by atoms with Gasteiger partial charge in [-0.3, -0.25) is 9.80 Å². The van der Waals surface area contributed by atoms with Crippen LogP contribution < -0.4 is 0 Å². The van der Waals surface area contributed by atoms with Crippen molar-refractivity contribution in [2.75, 3.05) is 32.7 Å². The van der Waals surface area contributed by atoms with Gasteiger partial charge in [0.2, 0.25) is 0 Å². The van der Waals surface area contributed by atoms with Gasteiger partial charge in [0.25, 0.3) is 0 Å². The average Bonchev–Trinajstić information content (AvgIpc) is 3.65. The molecule has 166 valence electrons. The quantitative estimate of drug-likeness (QED) is 0.597. The van der Waals surface area contributed by atoms with E-state index in [-0.39, 0.29) is 0 Å². The molecule has 3 aliphatic rings. The van der Waals surface area contributed by atoms with Gasteiger partial charge in [-0.25, -0.2) is 0 Å². The first kappa shape index (κ1) is 21.2. The molecule has 0 atom stereocenters. The first-order chi connectivity index (χ1) is 15.3. The van der Waals surface area contributed by atoms with Gasteiger partial charge in [-0.05, 0) is 55.6 Å². The predicted molar refractivity (Wildman–Crippen MR) is 129 cm³/mol. The lowest BCUT2D eigenvalue weighted by Gasteiger charge is -2.44. The molecule has 1 heterocycles. The Hall–Kier alpha value is -1.68. The Kier molecular flexibility index (Phi) is 7.03. The van der Waals surface area contributed by atoms with E-state index in [1.807, 2.05) is 0 Å². The lowest BCUT2D eigenvalue weighted by Crippen LogP contribution is -2.52. The molecule has 3 nitrogen and oxygen atoms in total. The Morgan fingerprint density at radius 3 is 1.71 bits per heavy atom. The normalized spacial score (nSPS) is 25.7. The Balaban J connectivity index is 1.16. The molecule has 0 bridgehead atoms. The van der Waals surface area contributed by atoms with Gasteiger partial charge in [-0.15, -0.1) is 0 Å². The lowest BCUT2D eigenvalue weighted by molar-refractivity contribution is 0.0509. The van der Waals surface area contributed by atoms with E-state index >= 15 is 0 Å². The van der Waals surface area contributed by atoms with Crippen LogP contribution in [-0.4, -0.2) is 59.5 Å². The molecule has 0 aromatic heterocycles. The highest BCUT2D eigenvalue weighted by molar-refractivity contribution is 5.17. The number of benzene rings is 2. The highest BCUT2D eigenvalue weighted by Gasteiger charge is 2.32. The summed E-state index contributed by atoms with van der Waals surface area (Å²) in [6, 6.07) is 23.6. The molecule has 0 N–H and O–H groups in total. The van der Waals surface area contributed by atoms with Gasteiger partial charge in [-0.2, -0.15) is 0 Å². The highest BCUT2D eigenvalue weighted by Crippen LogP contribution is 2.32. The molecule has 5 rings (SSSR count). The second-order valence-corrected chi connectivity index (χ2v) is 10.1. The standard InChI is InChI=1S/C28H39N3/c1-3-7-24(8-4-1)22-31(23-25-9-5-2-6-10-25)28-15-13-27(14-16-28)30-19-17-29(18-20-30)21-26-11-12-26/h1-10,26-28H,11-23H2. The summed E-state index contributed by atoms with van der Waals surface area (Å²) in [7, 11) is 0. The second-order valence-electron chi connectivity index (χ2n) is 10.1. The summed E-state index contributed by atoms with van der Waals surface area (Å²) in [6.07, 6.45) is 8.37. The molecule has 31 heavy (non-hydrogen) atoms. The number of rotatable bonds is 8. The summed E-state index contributed by atoms with van der Waals surface area (Å²) < 4.78 is 0. The third-order valence-corrected chi connectivity index (χ3v) is 7.78. The number of piperazine rings is 1. The van der Waals surface area contributed by atoms with E-state index in [2.05, 4.69) is 75.4 Å². The van der Waals surface area contributed by atoms with Crippen molar-refractivity contribution in [3.05, 3.63) is 71.8 Å². The van der Waals surface area contributed by atoms with E-state index in [1.165, 1.54) is 82.4 Å². The van der Waals surface area contributed by atoms with Gasteiger partial charge in [0.15, 0.2) is 0 Å². The van der Waals surface area contributed by atoms with Crippen molar-refractivity contribution < 1.29 is 0 Å². The van der Waals surface area contributed by atoms with Crippen LogP contribution in [0.15, 0.2) is 60.7 Å². The van der Waals surface area contributed by atoms with Crippen LogP contribution in [0.2, 0.25) is 0 Å². The number of hydrogen-bond donors (Lipinski definition) is 0. The molecule has 0 spiro atoms. The molecule has 2 aromatic carbocycles. The fourth-order valence-corrected chi connectivity index (χ4v) is 5.72. The highest BCUT2D eigenvalue weighted by atomic mass is 15.3. The van der Waals surface area contributed by atoms with Gasteiger partial charge in [0.05, 0.1) is 0 Å². The van der Waals surface area contributed by atoms with Crippen LogP contribution in [0.3, 0.4) is 0 Å². The Bertz CT molecular complexity index is 731. The molecule has 1 aliphatic heterocycles. The lowest BCUT2D eigenvalue weighted by atomic mass is 9.88. The van der Waals surface area contributed by atoms with Gasteiger partial charge in [0, 0.05) is 57.9 Å². The minimum absolute atomic E-state index is 0.702. The topological polar surface area (TPSA) is 9.72 Å². The van der Waals surface area contributed by atoms with E-state index in [0.717, 1.165) is 25.0 Å². The summed E-state index contributed by atoms with van der Waals surface area (Å²) in [6.45, 7) is 8.67. The Labute approximate surface area is 189 Å². The first-order valence-electron chi connectivity index (χ1n) is 12.6. The zero-order valence-corrected chi connectivity index (χ0v) is 19.0. The summed E-state index contributed by atoms with van der Waals surface area (Å²) in [4.78, 5) is 8.29. The van der Waals surface area contributed by atoms with Gasteiger partial charge in [-0.1, -0.05) is 60.7 Å². The van der Waals surface area contributed by atoms with E-state index in [1.54, 1.807) is 0 Å². The maximum Gasteiger partial charge on any atom is 0.0240 e. The average molecular weight is 418 g/mol. The van der Waals surface area contributed by atoms with Gasteiger partial charge < -0.3 is 4.90 Å². The van der Waals surface area contributed by atoms with Crippen molar-refractivity contribution in [3.63, 3.8) is 0 Å². The van der Waals surface area contributed by atoms with Crippen molar-refractivity contribution in [2.24, 2.45) is 5.92 Å². The zero-order chi connectivity index (χ0) is 20.9. The monoisotopic (exact) mass is 417 g/mol. The smallest absolute Gasteiger partial charge is 0.0240 e. The Morgan fingerprint density at radius 2 is 1.19 bits per heavy atom. The fourth-order valence-electron chi connectivity index (χ4n) is 5.72. The van der Waals surface area contributed by atoms with E-state index < -0.39 is 0 Å². The van der Waals surface area contributed by atoms with Crippen LogP contribution in [0.1, 0.15) is 49.7 Å². The maximum atomic E-state index is 2.82. The van der Waals surface area contributed by atoms with E-state index in [9.17, 15) is 0 Å². The molecule has 2 aliphatic carbocycles. The van der Waals surface area contributed by atoms with Crippen LogP contribution in [0.4, 0.5) is 0 Å². The molecule has 1 saturated heterocycles. The first-order valence-corrected chi connectivity index (χ1v) is 12.6. The van der Waals surface area contributed by atoms with Crippen LogP contribution >= 0.6 is 0 Å². The van der Waals surface area contributed by atoms with E-state index in [4.69, 9.17) is 0 Å². The van der Waals surface area contributed by atoms with Crippen LogP contribution in [0, 0.1) is 5.92 Å². The molecular weight excluding hydrogens is 378 g/mol. The predicted octanol–water partition coefficient (Wildman–Crippen LogP) is 5.03. The molecule has 2 aromatic rings. The minimum Gasteiger partial charge on any atom is -0.301 e. The number of hydrogen-bond acceptors (Lipinski definition) is 3. The molecule has 0 radical (unpaired) electrons. The van der Waals surface area contributed by atoms with Crippen molar-refractivity contribution in [2.45, 2.75) is 63.7 Å².